The number of hydrogen-bond acceptors (Lipinski definition) is 6. The fourth-order valence-electron chi connectivity index (χ4n) is 1.55. The molecule has 0 fully saturated rings. The summed E-state index contributed by atoms with van der Waals surface area (Å²) in [5.74, 6) is 2.48. The zero-order chi connectivity index (χ0) is 12.8. The van der Waals surface area contributed by atoms with Crippen LogP contribution in [-0.4, -0.2) is 30.1 Å². The first-order valence-electron chi connectivity index (χ1n) is 5.79. The molecular formula is C12H17N5O. The van der Waals surface area contributed by atoms with Crippen molar-refractivity contribution >= 4 is 11.6 Å². The van der Waals surface area contributed by atoms with Crippen LogP contribution in [0.5, 0.6) is 0 Å². The van der Waals surface area contributed by atoms with Crippen molar-refractivity contribution < 1.29 is 4.42 Å². The second kappa shape index (κ2) is 6.02. The van der Waals surface area contributed by atoms with Crippen molar-refractivity contribution in [3.05, 3.63) is 36.5 Å². The Bertz CT molecular complexity index is 471. The summed E-state index contributed by atoms with van der Waals surface area (Å²) in [7, 11) is 1.95. The van der Waals surface area contributed by atoms with Gasteiger partial charge in [0.25, 0.3) is 0 Å². The number of nitrogens with zero attached hydrogens (tertiary/aromatic N) is 3. The third kappa shape index (κ3) is 3.21. The molecule has 0 aromatic carbocycles. The predicted octanol–water partition coefficient (Wildman–Crippen LogP) is 1.08. The van der Waals surface area contributed by atoms with E-state index in [0.717, 1.165) is 23.9 Å². The predicted molar refractivity (Wildman–Crippen MR) is 70.4 cm³/mol. The van der Waals surface area contributed by atoms with E-state index in [0.29, 0.717) is 13.1 Å². The van der Waals surface area contributed by atoms with Gasteiger partial charge in [0, 0.05) is 26.2 Å². The lowest BCUT2D eigenvalue weighted by atomic mass is 10.4. The number of aromatic nitrogens is 2. The average Bonchev–Trinajstić information content (AvgIpc) is 2.90. The van der Waals surface area contributed by atoms with E-state index in [1.807, 2.05) is 30.1 Å². The third-order valence-electron chi connectivity index (χ3n) is 2.53. The molecule has 2 aromatic rings. The largest absolute Gasteiger partial charge is 0.467 e. The van der Waals surface area contributed by atoms with Crippen LogP contribution in [0.15, 0.2) is 35.2 Å². The quantitative estimate of drug-likeness (QED) is 0.795. The normalized spacial score (nSPS) is 10.3. The van der Waals surface area contributed by atoms with Crippen LogP contribution in [0, 0.1) is 0 Å². The summed E-state index contributed by atoms with van der Waals surface area (Å²) in [5, 5.41) is 3.18. The molecule has 18 heavy (non-hydrogen) atoms. The van der Waals surface area contributed by atoms with Crippen LogP contribution in [0.25, 0.3) is 0 Å². The first-order chi connectivity index (χ1) is 8.79. The number of anilines is 2. The molecule has 0 saturated heterocycles. The van der Waals surface area contributed by atoms with Crippen molar-refractivity contribution in [2.75, 3.05) is 30.4 Å². The monoisotopic (exact) mass is 247 g/mol. The van der Waals surface area contributed by atoms with Crippen LogP contribution in [0.4, 0.5) is 11.6 Å². The second-order valence-electron chi connectivity index (χ2n) is 3.90. The van der Waals surface area contributed by atoms with E-state index in [-0.39, 0.29) is 0 Å². The number of hydrogen-bond donors (Lipinski definition) is 2. The van der Waals surface area contributed by atoms with Crippen LogP contribution in [0.3, 0.4) is 0 Å². The Balaban J connectivity index is 1.98. The SMILES string of the molecule is CN(CCN)c1cc(NCc2ccco2)ncn1. The molecule has 0 aliphatic heterocycles. The molecule has 0 saturated carbocycles. The highest BCUT2D eigenvalue weighted by Gasteiger charge is 2.04. The van der Waals surface area contributed by atoms with Crippen molar-refractivity contribution in [2.24, 2.45) is 5.73 Å². The molecule has 0 unspecified atom stereocenters. The summed E-state index contributed by atoms with van der Waals surface area (Å²) >= 11 is 0. The molecule has 0 spiro atoms. The van der Waals surface area contributed by atoms with Crippen molar-refractivity contribution in [1.29, 1.82) is 0 Å². The number of rotatable bonds is 6. The Hall–Kier alpha value is -2.08. The summed E-state index contributed by atoms with van der Waals surface area (Å²) in [6, 6.07) is 5.66. The molecule has 0 radical (unpaired) electrons. The molecule has 0 bridgehead atoms. The summed E-state index contributed by atoms with van der Waals surface area (Å²) in [4.78, 5) is 10.3. The molecule has 6 nitrogen and oxygen atoms in total. The minimum absolute atomic E-state index is 0.593. The molecule has 96 valence electrons. The van der Waals surface area contributed by atoms with Gasteiger partial charge >= 0.3 is 0 Å². The summed E-state index contributed by atoms with van der Waals surface area (Å²) in [6.45, 7) is 1.95. The van der Waals surface area contributed by atoms with Gasteiger partial charge < -0.3 is 20.4 Å². The lowest BCUT2D eigenvalue weighted by Gasteiger charge is -2.17. The van der Waals surface area contributed by atoms with E-state index in [1.165, 1.54) is 6.33 Å². The van der Waals surface area contributed by atoms with E-state index in [4.69, 9.17) is 10.2 Å². The maximum absolute atomic E-state index is 5.51. The summed E-state index contributed by atoms with van der Waals surface area (Å²) in [5.41, 5.74) is 5.51. The molecule has 2 heterocycles. The van der Waals surface area contributed by atoms with Gasteiger partial charge in [-0.25, -0.2) is 9.97 Å². The van der Waals surface area contributed by atoms with E-state index in [2.05, 4.69) is 15.3 Å². The topological polar surface area (TPSA) is 80.2 Å². The number of nitrogens with two attached hydrogens (primary N) is 1. The van der Waals surface area contributed by atoms with Gasteiger partial charge in [-0.15, -0.1) is 0 Å². The van der Waals surface area contributed by atoms with Crippen molar-refractivity contribution in [2.45, 2.75) is 6.54 Å². The molecule has 0 aliphatic rings. The minimum Gasteiger partial charge on any atom is -0.467 e. The fourth-order valence-corrected chi connectivity index (χ4v) is 1.55. The van der Waals surface area contributed by atoms with Crippen LogP contribution >= 0.6 is 0 Å². The molecule has 2 aromatic heterocycles. The maximum atomic E-state index is 5.51. The van der Waals surface area contributed by atoms with Gasteiger partial charge in [-0.2, -0.15) is 0 Å². The lowest BCUT2D eigenvalue weighted by Crippen LogP contribution is -2.25. The van der Waals surface area contributed by atoms with Crippen LogP contribution in [0.2, 0.25) is 0 Å². The highest BCUT2D eigenvalue weighted by Crippen LogP contribution is 2.13. The molecule has 0 aliphatic carbocycles. The smallest absolute Gasteiger partial charge is 0.133 e. The Morgan fingerprint density at radius 2 is 2.33 bits per heavy atom. The number of nitrogens with one attached hydrogen (secondary N) is 1. The average molecular weight is 247 g/mol. The highest BCUT2D eigenvalue weighted by molar-refractivity contribution is 5.47. The molecule has 2 rings (SSSR count). The van der Waals surface area contributed by atoms with Gasteiger partial charge in [0.05, 0.1) is 12.8 Å². The molecule has 3 N–H and O–H groups in total. The van der Waals surface area contributed by atoms with E-state index < -0.39 is 0 Å². The van der Waals surface area contributed by atoms with E-state index >= 15 is 0 Å². The van der Waals surface area contributed by atoms with Gasteiger partial charge in [-0.3, -0.25) is 0 Å². The molecule has 0 atom stereocenters. The number of likely N-dealkylation sites (N-methyl/N-ethyl adjacent to an activating group) is 1. The van der Waals surface area contributed by atoms with Gasteiger partial charge in [-0.1, -0.05) is 0 Å². The van der Waals surface area contributed by atoms with Crippen molar-refractivity contribution in [3.8, 4) is 0 Å². The minimum atomic E-state index is 0.593. The Labute approximate surface area is 106 Å². The third-order valence-corrected chi connectivity index (χ3v) is 2.53. The van der Waals surface area contributed by atoms with Crippen molar-refractivity contribution in [3.63, 3.8) is 0 Å². The van der Waals surface area contributed by atoms with Crippen LogP contribution < -0.4 is 16.0 Å². The number of furan rings is 1. The first-order valence-corrected chi connectivity index (χ1v) is 5.79. The Morgan fingerprint density at radius 3 is 3.06 bits per heavy atom. The van der Waals surface area contributed by atoms with Crippen LogP contribution in [-0.2, 0) is 6.54 Å². The standard InChI is InChI=1S/C12H17N5O/c1-17(5-4-13)12-7-11(15-9-16-12)14-8-10-3-2-6-18-10/h2-3,6-7,9H,4-5,8,13H2,1H3,(H,14,15,16). The molecule has 6 heteroatoms. The van der Waals surface area contributed by atoms with E-state index in [1.54, 1.807) is 6.26 Å². The zero-order valence-corrected chi connectivity index (χ0v) is 10.3. The first kappa shape index (κ1) is 12.4. The Morgan fingerprint density at radius 1 is 1.44 bits per heavy atom. The molecule has 0 amide bonds. The van der Waals surface area contributed by atoms with Crippen molar-refractivity contribution in [1.82, 2.24) is 9.97 Å². The zero-order valence-electron chi connectivity index (χ0n) is 10.3. The lowest BCUT2D eigenvalue weighted by molar-refractivity contribution is 0.518. The second-order valence-corrected chi connectivity index (χ2v) is 3.90. The Kier molecular flexibility index (Phi) is 4.14. The van der Waals surface area contributed by atoms with Gasteiger partial charge in [0.1, 0.15) is 23.7 Å². The maximum Gasteiger partial charge on any atom is 0.133 e. The molecular weight excluding hydrogens is 230 g/mol. The summed E-state index contributed by atoms with van der Waals surface area (Å²) in [6.07, 6.45) is 3.18. The van der Waals surface area contributed by atoms with Gasteiger partial charge in [0.2, 0.25) is 0 Å². The highest BCUT2D eigenvalue weighted by atomic mass is 16.3. The van der Waals surface area contributed by atoms with Crippen LogP contribution in [0.1, 0.15) is 5.76 Å². The fraction of sp³-hybridized carbons (Fsp3) is 0.333. The van der Waals surface area contributed by atoms with Gasteiger partial charge in [-0.05, 0) is 12.1 Å². The summed E-state index contributed by atoms with van der Waals surface area (Å²) < 4.78 is 5.24. The van der Waals surface area contributed by atoms with Gasteiger partial charge in [0.15, 0.2) is 0 Å². The van der Waals surface area contributed by atoms with E-state index in [9.17, 15) is 0 Å².